The lowest BCUT2D eigenvalue weighted by molar-refractivity contribution is -0.132. The smallest absolute Gasteiger partial charge is 0.300 e. The number of aryl methyl sites for hydroxylation is 3. The Morgan fingerprint density at radius 3 is 2.39 bits per heavy atom. The molecule has 1 aliphatic heterocycles. The van der Waals surface area contributed by atoms with Crippen LogP contribution in [0.1, 0.15) is 53.8 Å². The van der Waals surface area contributed by atoms with Crippen molar-refractivity contribution in [3.05, 3.63) is 100 Å². The summed E-state index contributed by atoms with van der Waals surface area (Å²) in [6, 6.07) is 17.7. The highest BCUT2D eigenvalue weighted by atomic mass is 16.3. The number of rotatable bonds is 6. The van der Waals surface area contributed by atoms with Gasteiger partial charge in [-0.25, -0.2) is 0 Å². The molecule has 1 unspecified atom stereocenters. The van der Waals surface area contributed by atoms with Crippen LogP contribution in [-0.2, 0) is 16.0 Å². The van der Waals surface area contributed by atoms with Gasteiger partial charge in [-0.15, -0.1) is 0 Å². The fourth-order valence-electron chi connectivity index (χ4n) is 4.16. The number of nitrogens with zero attached hydrogens (tertiary/aromatic N) is 2. The molecule has 1 saturated heterocycles. The van der Waals surface area contributed by atoms with E-state index in [1.165, 1.54) is 10.5 Å². The minimum atomic E-state index is -0.811. The highest BCUT2D eigenvalue weighted by Crippen LogP contribution is 2.41. The number of unbranched alkanes of at least 4 members (excludes halogenated alkanes) is 1. The summed E-state index contributed by atoms with van der Waals surface area (Å²) >= 11 is 0. The van der Waals surface area contributed by atoms with Gasteiger partial charge in [-0.05, 0) is 73.7 Å². The van der Waals surface area contributed by atoms with Crippen molar-refractivity contribution in [1.82, 2.24) is 4.98 Å². The van der Waals surface area contributed by atoms with E-state index in [9.17, 15) is 14.7 Å². The van der Waals surface area contributed by atoms with Crippen LogP contribution in [0, 0.1) is 13.8 Å². The third-order valence-corrected chi connectivity index (χ3v) is 6.23. The van der Waals surface area contributed by atoms with Crippen LogP contribution < -0.4 is 4.90 Å². The Morgan fingerprint density at radius 1 is 1.00 bits per heavy atom. The maximum Gasteiger partial charge on any atom is 0.300 e. The number of pyridine rings is 1. The number of aromatic nitrogens is 1. The second kappa shape index (κ2) is 9.41. The van der Waals surface area contributed by atoms with Crippen LogP contribution in [0.5, 0.6) is 0 Å². The van der Waals surface area contributed by atoms with E-state index in [-0.39, 0.29) is 11.3 Å². The van der Waals surface area contributed by atoms with E-state index >= 15 is 0 Å². The first-order valence-electron chi connectivity index (χ1n) is 11.3. The van der Waals surface area contributed by atoms with Gasteiger partial charge in [-0.2, -0.15) is 0 Å². The maximum absolute atomic E-state index is 13.2. The van der Waals surface area contributed by atoms with E-state index in [0.29, 0.717) is 16.9 Å². The average molecular weight is 441 g/mol. The molecule has 168 valence electrons. The van der Waals surface area contributed by atoms with Crippen molar-refractivity contribution in [3.63, 3.8) is 0 Å². The molecule has 3 aromatic rings. The summed E-state index contributed by atoms with van der Waals surface area (Å²) in [5.41, 5.74) is 4.94. The summed E-state index contributed by atoms with van der Waals surface area (Å²) in [5.74, 6) is -1.57. The Bertz CT molecular complexity index is 1210. The SMILES string of the molecule is CCCCc1ccc(N2C(=O)C(=O)/C(=C(\O)c3ccc(C)c(C)c3)C2c2ccccn2)cc1. The standard InChI is InChI=1S/C28H28N2O3/c1-4-5-8-20-11-14-22(15-12-20)30-25(23-9-6-7-16-29-23)24(27(32)28(30)33)26(31)21-13-10-18(2)19(3)17-21/h6-7,9-17,25,31H,4-5,8H2,1-3H3/b26-24-. The fourth-order valence-corrected chi connectivity index (χ4v) is 4.16. The van der Waals surface area contributed by atoms with Crippen LogP contribution in [0.25, 0.3) is 5.76 Å². The zero-order chi connectivity index (χ0) is 23.5. The van der Waals surface area contributed by atoms with Crippen molar-refractivity contribution in [2.24, 2.45) is 0 Å². The van der Waals surface area contributed by atoms with Crippen LogP contribution in [0.2, 0.25) is 0 Å². The molecular weight excluding hydrogens is 412 g/mol. The Morgan fingerprint density at radius 2 is 1.76 bits per heavy atom. The van der Waals surface area contributed by atoms with Gasteiger partial charge in [0, 0.05) is 17.4 Å². The number of aliphatic hydroxyl groups excluding tert-OH is 1. The van der Waals surface area contributed by atoms with Crippen LogP contribution >= 0.6 is 0 Å². The number of carbonyl (C=O) groups is 2. The van der Waals surface area contributed by atoms with Crippen molar-refractivity contribution in [1.29, 1.82) is 0 Å². The van der Waals surface area contributed by atoms with Gasteiger partial charge in [-0.1, -0.05) is 43.7 Å². The number of aliphatic hydroxyl groups is 1. The molecule has 1 amide bonds. The molecule has 0 spiro atoms. The van der Waals surface area contributed by atoms with Crippen molar-refractivity contribution < 1.29 is 14.7 Å². The zero-order valence-corrected chi connectivity index (χ0v) is 19.2. The molecular formula is C28H28N2O3. The van der Waals surface area contributed by atoms with Crippen LogP contribution in [0.3, 0.4) is 0 Å². The number of ketones is 1. The summed E-state index contributed by atoms with van der Waals surface area (Å²) in [7, 11) is 0. The van der Waals surface area contributed by atoms with Crippen LogP contribution in [-0.4, -0.2) is 21.8 Å². The van der Waals surface area contributed by atoms with E-state index in [1.54, 1.807) is 24.4 Å². The first kappa shape index (κ1) is 22.5. The molecule has 4 rings (SSSR count). The van der Waals surface area contributed by atoms with E-state index in [1.807, 2.05) is 56.3 Å². The van der Waals surface area contributed by atoms with Crippen molar-refractivity contribution in [3.8, 4) is 0 Å². The van der Waals surface area contributed by atoms with E-state index in [2.05, 4.69) is 11.9 Å². The Hall–Kier alpha value is -3.73. The number of amides is 1. The second-order valence-electron chi connectivity index (χ2n) is 8.49. The predicted molar refractivity (Wildman–Crippen MR) is 130 cm³/mol. The van der Waals surface area contributed by atoms with Gasteiger partial charge in [0.2, 0.25) is 0 Å². The van der Waals surface area contributed by atoms with Gasteiger partial charge in [0.05, 0.1) is 11.3 Å². The second-order valence-corrected chi connectivity index (χ2v) is 8.49. The van der Waals surface area contributed by atoms with Gasteiger partial charge in [-0.3, -0.25) is 19.5 Å². The van der Waals surface area contributed by atoms with Crippen LogP contribution in [0.15, 0.2) is 72.4 Å². The first-order chi connectivity index (χ1) is 15.9. The summed E-state index contributed by atoms with van der Waals surface area (Å²) in [6.45, 7) is 6.08. The summed E-state index contributed by atoms with van der Waals surface area (Å²) in [6.07, 6.45) is 4.79. The summed E-state index contributed by atoms with van der Waals surface area (Å²) < 4.78 is 0. The molecule has 5 nitrogen and oxygen atoms in total. The number of hydrogen-bond acceptors (Lipinski definition) is 4. The molecule has 1 N–H and O–H groups in total. The van der Waals surface area contributed by atoms with E-state index < -0.39 is 17.7 Å². The normalized spacial score (nSPS) is 17.5. The minimum absolute atomic E-state index is 0.0528. The molecule has 0 bridgehead atoms. The molecule has 2 aromatic carbocycles. The molecule has 1 aliphatic rings. The molecule has 1 aromatic heterocycles. The number of benzene rings is 2. The minimum Gasteiger partial charge on any atom is -0.507 e. The highest BCUT2D eigenvalue weighted by molar-refractivity contribution is 6.51. The van der Waals surface area contributed by atoms with Gasteiger partial charge in [0.15, 0.2) is 0 Å². The van der Waals surface area contributed by atoms with Crippen LogP contribution in [0.4, 0.5) is 5.69 Å². The highest BCUT2D eigenvalue weighted by Gasteiger charge is 2.47. The first-order valence-corrected chi connectivity index (χ1v) is 11.3. The molecule has 5 heteroatoms. The molecule has 0 aliphatic carbocycles. The topological polar surface area (TPSA) is 70.5 Å². The fraction of sp³-hybridized carbons (Fsp3) is 0.250. The average Bonchev–Trinajstić information content (AvgIpc) is 3.10. The third kappa shape index (κ3) is 4.31. The predicted octanol–water partition coefficient (Wildman–Crippen LogP) is 5.67. The van der Waals surface area contributed by atoms with Gasteiger partial charge >= 0.3 is 0 Å². The number of anilines is 1. The molecule has 2 heterocycles. The van der Waals surface area contributed by atoms with Gasteiger partial charge < -0.3 is 5.11 Å². The Kier molecular flexibility index (Phi) is 6.40. The molecule has 0 saturated carbocycles. The molecule has 0 radical (unpaired) electrons. The van der Waals surface area contributed by atoms with E-state index in [0.717, 1.165) is 30.4 Å². The number of hydrogen-bond donors (Lipinski definition) is 1. The maximum atomic E-state index is 13.2. The molecule has 33 heavy (non-hydrogen) atoms. The van der Waals surface area contributed by atoms with Gasteiger partial charge in [0.25, 0.3) is 11.7 Å². The quantitative estimate of drug-likeness (QED) is 0.305. The summed E-state index contributed by atoms with van der Waals surface area (Å²) in [4.78, 5) is 32.3. The van der Waals surface area contributed by atoms with Crippen molar-refractivity contribution >= 4 is 23.1 Å². The lowest BCUT2D eigenvalue weighted by Gasteiger charge is -2.24. The third-order valence-electron chi connectivity index (χ3n) is 6.23. The molecule has 1 atom stereocenters. The lowest BCUT2D eigenvalue weighted by atomic mass is 9.96. The lowest BCUT2D eigenvalue weighted by Crippen LogP contribution is -2.29. The number of carbonyl (C=O) groups excluding carboxylic acids is 2. The van der Waals surface area contributed by atoms with Crippen molar-refractivity contribution in [2.75, 3.05) is 4.90 Å². The van der Waals surface area contributed by atoms with Gasteiger partial charge in [0.1, 0.15) is 11.8 Å². The van der Waals surface area contributed by atoms with E-state index in [4.69, 9.17) is 0 Å². The zero-order valence-electron chi connectivity index (χ0n) is 19.2. The Labute approximate surface area is 194 Å². The largest absolute Gasteiger partial charge is 0.507 e. The van der Waals surface area contributed by atoms with Crippen molar-refractivity contribution in [2.45, 2.75) is 46.1 Å². The Balaban J connectivity index is 1.84. The molecule has 1 fully saturated rings. The monoisotopic (exact) mass is 440 g/mol. The summed E-state index contributed by atoms with van der Waals surface area (Å²) in [5, 5.41) is 11.2. The number of Topliss-reactive ketones (excluding diaryl/α,β-unsaturated/α-hetero) is 1.